The highest BCUT2D eigenvalue weighted by molar-refractivity contribution is 6.22. The van der Waals surface area contributed by atoms with Gasteiger partial charge in [0.05, 0.1) is 16.1 Å². The second-order valence-corrected chi connectivity index (χ2v) is 5.57. The van der Waals surface area contributed by atoms with Gasteiger partial charge in [-0.3, -0.25) is 29.9 Å². The molecule has 0 atom stereocenters. The van der Waals surface area contributed by atoms with Crippen LogP contribution in [0.4, 0.5) is 5.69 Å². The molecule has 10 nitrogen and oxygen atoms in total. The van der Waals surface area contributed by atoms with E-state index in [0.29, 0.717) is 5.01 Å². The van der Waals surface area contributed by atoms with Gasteiger partial charge in [-0.05, 0) is 24.3 Å². The van der Waals surface area contributed by atoms with Crippen LogP contribution in [0.25, 0.3) is 5.76 Å². The van der Waals surface area contributed by atoms with E-state index >= 15 is 0 Å². The van der Waals surface area contributed by atoms with Crippen LogP contribution in [0.2, 0.25) is 0 Å². The topological polar surface area (TPSA) is 154 Å². The van der Waals surface area contributed by atoms with E-state index in [4.69, 9.17) is 0 Å². The lowest BCUT2D eigenvalue weighted by Gasteiger charge is -2.15. The van der Waals surface area contributed by atoms with Gasteiger partial charge in [0.15, 0.2) is 5.57 Å². The largest absolute Gasteiger partial charge is 0.506 e. The smallest absolute Gasteiger partial charge is 0.284 e. The SMILES string of the molecule is N#C/C(C(=O)NN1C(=O)c2ccccc2C1=O)=C(/O)c1ccc([N+](=O)[O-])cc1. The van der Waals surface area contributed by atoms with Gasteiger partial charge < -0.3 is 5.11 Å². The molecular formula is C18H10N4O6. The Morgan fingerprint density at radius 3 is 2.07 bits per heavy atom. The maximum atomic E-state index is 12.4. The van der Waals surface area contributed by atoms with E-state index in [1.54, 1.807) is 12.1 Å². The summed E-state index contributed by atoms with van der Waals surface area (Å²) in [6, 6.07) is 11.9. The Bertz CT molecular complexity index is 1060. The summed E-state index contributed by atoms with van der Waals surface area (Å²) in [6.07, 6.45) is 0. The second kappa shape index (κ2) is 7.00. The number of aliphatic hydroxyl groups is 1. The normalized spacial score (nSPS) is 13.5. The maximum absolute atomic E-state index is 12.4. The molecule has 1 aliphatic rings. The lowest BCUT2D eigenvalue weighted by atomic mass is 10.1. The number of non-ortho nitro benzene ring substituents is 1. The zero-order chi connectivity index (χ0) is 20.4. The monoisotopic (exact) mass is 378 g/mol. The van der Waals surface area contributed by atoms with Gasteiger partial charge in [-0.25, -0.2) is 0 Å². The molecule has 0 saturated carbocycles. The first-order chi connectivity index (χ1) is 13.3. The quantitative estimate of drug-likeness (QED) is 0.205. The van der Waals surface area contributed by atoms with Gasteiger partial charge in [0.2, 0.25) is 0 Å². The number of hydrogen-bond acceptors (Lipinski definition) is 7. The molecule has 1 heterocycles. The van der Waals surface area contributed by atoms with Gasteiger partial charge in [0.25, 0.3) is 23.4 Å². The van der Waals surface area contributed by atoms with Crippen LogP contribution in [0.3, 0.4) is 0 Å². The zero-order valence-corrected chi connectivity index (χ0v) is 13.9. The lowest BCUT2D eigenvalue weighted by molar-refractivity contribution is -0.384. The number of imide groups is 1. The number of hydrogen-bond donors (Lipinski definition) is 2. The third kappa shape index (κ3) is 3.04. The number of amides is 3. The Balaban J connectivity index is 1.87. The van der Waals surface area contributed by atoms with E-state index in [9.17, 15) is 34.9 Å². The highest BCUT2D eigenvalue weighted by atomic mass is 16.6. The number of nitrogens with one attached hydrogen (secondary N) is 1. The molecule has 0 aromatic heterocycles. The number of carbonyl (C=O) groups excluding carboxylic acids is 3. The minimum absolute atomic E-state index is 0.0281. The van der Waals surface area contributed by atoms with Crippen LogP contribution >= 0.6 is 0 Å². The molecule has 0 spiro atoms. The number of fused-ring (bicyclic) bond motifs is 1. The summed E-state index contributed by atoms with van der Waals surface area (Å²) in [4.78, 5) is 46.9. The van der Waals surface area contributed by atoms with E-state index in [1.165, 1.54) is 18.2 Å². The van der Waals surface area contributed by atoms with Crippen molar-refractivity contribution in [1.29, 1.82) is 5.26 Å². The predicted octanol–water partition coefficient (Wildman–Crippen LogP) is 1.71. The summed E-state index contributed by atoms with van der Waals surface area (Å²) >= 11 is 0. The third-order valence-electron chi connectivity index (χ3n) is 3.93. The van der Waals surface area contributed by atoms with Crippen LogP contribution in [0.5, 0.6) is 0 Å². The van der Waals surface area contributed by atoms with Crippen LogP contribution in [0.1, 0.15) is 26.3 Å². The van der Waals surface area contributed by atoms with Crippen LogP contribution in [0, 0.1) is 21.4 Å². The van der Waals surface area contributed by atoms with Gasteiger partial charge in [-0.1, -0.05) is 12.1 Å². The molecule has 0 radical (unpaired) electrons. The summed E-state index contributed by atoms with van der Waals surface area (Å²) in [5.74, 6) is -3.50. The van der Waals surface area contributed by atoms with Gasteiger partial charge in [-0.2, -0.15) is 10.3 Å². The summed E-state index contributed by atoms with van der Waals surface area (Å²) in [5, 5.41) is 30.5. The van der Waals surface area contributed by atoms with Crippen LogP contribution in [-0.4, -0.2) is 32.8 Å². The van der Waals surface area contributed by atoms with Gasteiger partial charge in [0.1, 0.15) is 11.8 Å². The van der Waals surface area contributed by atoms with Crippen LogP contribution in [-0.2, 0) is 4.79 Å². The zero-order valence-electron chi connectivity index (χ0n) is 13.9. The summed E-state index contributed by atoms with van der Waals surface area (Å²) < 4.78 is 0. The van der Waals surface area contributed by atoms with Gasteiger partial charge in [-0.15, -0.1) is 0 Å². The molecule has 0 aliphatic carbocycles. The number of nitro groups is 1. The Morgan fingerprint density at radius 1 is 1.07 bits per heavy atom. The van der Waals surface area contributed by atoms with Gasteiger partial charge in [0, 0.05) is 17.7 Å². The fraction of sp³-hybridized carbons (Fsp3) is 0. The Kier molecular flexibility index (Phi) is 4.57. The first kappa shape index (κ1) is 18.3. The second-order valence-electron chi connectivity index (χ2n) is 5.57. The van der Waals surface area contributed by atoms with Crippen molar-refractivity contribution in [3.05, 3.63) is 80.9 Å². The van der Waals surface area contributed by atoms with Crippen molar-refractivity contribution < 1.29 is 24.4 Å². The molecule has 0 saturated heterocycles. The van der Waals surface area contributed by atoms with Crippen LogP contribution in [0.15, 0.2) is 54.1 Å². The fourth-order valence-corrected chi connectivity index (χ4v) is 2.54. The van der Waals surface area contributed by atoms with Crippen molar-refractivity contribution in [2.45, 2.75) is 0 Å². The Morgan fingerprint density at radius 2 is 1.61 bits per heavy atom. The Labute approximate surface area is 157 Å². The average Bonchev–Trinajstić information content (AvgIpc) is 2.93. The standard InChI is InChI=1S/C18H10N4O6/c19-9-14(15(23)10-5-7-11(8-6-10)22(27)28)16(24)20-21-17(25)12-3-1-2-4-13(12)18(21)26/h1-8,23H,(H,20,24)/b15-14-. The number of hydrazine groups is 1. The highest BCUT2D eigenvalue weighted by Crippen LogP contribution is 2.22. The lowest BCUT2D eigenvalue weighted by Crippen LogP contribution is -2.46. The summed E-state index contributed by atoms with van der Waals surface area (Å²) in [6.45, 7) is 0. The number of nitriles is 1. The van der Waals surface area contributed by atoms with Crippen molar-refractivity contribution >= 4 is 29.2 Å². The highest BCUT2D eigenvalue weighted by Gasteiger charge is 2.37. The first-order valence-corrected chi connectivity index (χ1v) is 7.72. The Hall–Kier alpha value is -4.52. The molecule has 2 aromatic rings. The molecule has 1 aliphatic heterocycles. The summed E-state index contributed by atoms with van der Waals surface area (Å²) in [5.41, 5.74) is 1.14. The molecule has 0 fully saturated rings. The van der Waals surface area contributed by atoms with E-state index < -0.39 is 34.0 Å². The molecule has 138 valence electrons. The predicted molar refractivity (Wildman–Crippen MR) is 93.3 cm³/mol. The number of rotatable bonds is 4. The third-order valence-corrected chi connectivity index (χ3v) is 3.93. The number of nitro benzene ring substituents is 1. The fourth-order valence-electron chi connectivity index (χ4n) is 2.54. The molecule has 10 heteroatoms. The van der Waals surface area contributed by atoms with Gasteiger partial charge >= 0.3 is 0 Å². The molecule has 2 N–H and O–H groups in total. The van der Waals surface area contributed by atoms with Crippen molar-refractivity contribution in [1.82, 2.24) is 10.4 Å². The van der Waals surface area contributed by atoms with E-state index in [2.05, 4.69) is 0 Å². The molecule has 0 unspecified atom stereocenters. The number of carbonyl (C=O) groups is 3. The summed E-state index contributed by atoms with van der Waals surface area (Å²) in [7, 11) is 0. The van der Waals surface area contributed by atoms with E-state index in [1.807, 2.05) is 5.43 Å². The number of benzene rings is 2. The maximum Gasteiger partial charge on any atom is 0.284 e. The van der Waals surface area contributed by atoms with Crippen molar-refractivity contribution in [2.75, 3.05) is 0 Å². The minimum Gasteiger partial charge on any atom is -0.506 e. The molecule has 2 aromatic carbocycles. The molecule has 3 amide bonds. The van der Waals surface area contributed by atoms with Crippen molar-refractivity contribution in [2.24, 2.45) is 0 Å². The van der Waals surface area contributed by atoms with Crippen molar-refractivity contribution in [3.63, 3.8) is 0 Å². The van der Waals surface area contributed by atoms with E-state index in [-0.39, 0.29) is 22.4 Å². The van der Waals surface area contributed by atoms with E-state index in [0.717, 1.165) is 24.3 Å². The molecular weight excluding hydrogens is 368 g/mol. The minimum atomic E-state index is -1.19. The first-order valence-electron chi connectivity index (χ1n) is 7.72. The number of aliphatic hydroxyl groups excluding tert-OH is 1. The average molecular weight is 378 g/mol. The molecule has 28 heavy (non-hydrogen) atoms. The van der Waals surface area contributed by atoms with Crippen molar-refractivity contribution in [3.8, 4) is 6.07 Å². The molecule has 3 rings (SSSR count). The number of nitrogens with zero attached hydrogens (tertiary/aromatic N) is 3. The van der Waals surface area contributed by atoms with Crippen LogP contribution < -0.4 is 5.43 Å². The molecule has 0 bridgehead atoms.